The molecule has 0 aliphatic heterocycles. The molecule has 0 saturated heterocycles. The van der Waals surface area contributed by atoms with E-state index in [1.165, 1.54) is 12.8 Å². The van der Waals surface area contributed by atoms with Crippen molar-refractivity contribution in [3.8, 4) is 0 Å². The van der Waals surface area contributed by atoms with Crippen LogP contribution in [0.5, 0.6) is 0 Å². The number of hydrogen-bond acceptors (Lipinski definition) is 3. The van der Waals surface area contributed by atoms with E-state index in [0.29, 0.717) is 19.0 Å². The van der Waals surface area contributed by atoms with Crippen molar-refractivity contribution >= 4 is 15.9 Å². The van der Waals surface area contributed by atoms with Gasteiger partial charge in [0, 0.05) is 26.1 Å². The number of aromatic nitrogens is 2. The van der Waals surface area contributed by atoms with E-state index < -0.39 is 5.60 Å². The summed E-state index contributed by atoms with van der Waals surface area (Å²) in [6.07, 6.45) is 3.08. The Labute approximate surface area is 111 Å². The molecule has 1 fully saturated rings. The van der Waals surface area contributed by atoms with Crippen LogP contribution in [0.2, 0.25) is 0 Å². The Morgan fingerprint density at radius 3 is 2.71 bits per heavy atom. The van der Waals surface area contributed by atoms with E-state index in [4.69, 9.17) is 0 Å². The van der Waals surface area contributed by atoms with Crippen molar-refractivity contribution in [1.29, 1.82) is 0 Å². The highest BCUT2D eigenvalue weighted by molar-refractivity contribution is 9.10. The Balaban J connectivity index is 2.01. The molecule has 0 bridgehead atoms. The monoisotopic (exact) mass is 301 g/mol. The Morgan fingerprint density at radius 1 is 1.59 bits per heavy atom. The molecule has 1 aromatic rings. The van der Waals surface area contributed by atoms with Gasteiger partial charge in [-0.1, -0.05) is 0 Å². The van der Waals surface area contributed by atoms with Gasteiger partial charge < -0.3 is 10.4 Å². The average molecular weight is 302 g/mol. The molecule has 0 amide bonds. The van der Waals surface area contributed by atoms with Crippen LogP contribution in [0.25, 0.3) is 0 Å². The molecule has 1 aliphatic rings. The number of nitrogens with zero attached hydrogens (tertiary/aromatic N) is 2. The zero-order valence-corrected chi connectivity index (χ0v) is 12.2. The van der Waals surface area contributed by atoms with Gasteiger partial charge in [-0.25, -0.2) is 0 Å². The molecule has 1 aliphatic carbocycles. The average Bonchev–Trinajstić information content (AvgIpc) is 3.02. The fourth-order valence-corrected chi connectivity index (χ4v) is 2.42. The van der Waals surface area contributed by atoms with Gasteiger partial charge in [0.15, 0.2) is 0 Å². The predicted molar refractivity (Wildman–Crippen MR) is 71.0 cm³/mol. The highest BCUT2D eigenvalue weighted by atomic mass is 79.9. The van der Waals surface area contributed by atoms with Crippen molar-refractivity contribution in [3.63, 3.8) is 0 Å². The van der Waals surface area contributed by atoms with Crippen molar-refractivity contribution in [2.24, 2.45) is 7.05 Å². The maximum Gasteiger partial charge on any atom is 0.0799 e. The number of rotatable bonds is 5. The molecule has 2 N–H and O–H groups in total. The molecule has 0 aromatic carbocycles. The molecule has 4 nitrogen and oxygen atoms in total. The summed E-state index contributed by atoms with van der Waals surface area (Å²) in [6, 6.07) is 0.623. The Kier molecular flexibility index (Phi) is 3.61. The summed E-state index contributed by atoms with van der Waals surface area (Å²) in [5.74, 6) is 0. The molecular weight excluding hydrogens is 282 g/mol. The molecule has 17 heavy (non-hydrogen) atoms. The van der Waals surface area contributed by atoms with Gasteiger partial charge in [-0.05, 0) is 42.6 Å². The van der Waals surface area contributed by atoms with Crippen LogP contribution in [0, 0.1) is 6.92 Å². The first-order chi connectivity index (χ1) is 7.89. The summed E-state index contributed by atoms with van der Waals surface area (Å²) in [5.41, 5.74) is 1.28. The molecule has 0 spiro atoms. The smallest absolute Gasteiger partial charge is 0.0799 e. The van der Waals surface area contributed by atoms with Crippen molar-refractivity contribution in [1.82, 2.24) is 15.1 Å². The largest absolute Gasteiger partial charge is 0.388 e. The van der Waals surface area contributed by atoms with Crippen LogP contribution in [0.1, 0.15) is 31.2 Å². The first-order valence-corrected chi connectivity index (χ1v) is 6.82. The fraction of sp³-hybridized carbons (Fsp3) is 0.750. The van der Waals surface area contributed by atoms with Crippen molar-refractivity contribution in [3.05, 3.63) is 15.9 Å². The number of nitrogens with one attached hydrogen (secondary N) is 1. The van der Waals surface area contributed by atoms with Gasteiger partial charge in [0.1, 0.15) is 0 Å². The van der Waals surface area contributed by atoms with E-state index >= 15 is 0 Å². The fourth-order valence-electron chi connectivity index (χ4n) is 1.95. The van der Waals surface area contributed by atoms with Gasteiger partial charge in [-0.3, -0.25) is 4.68 Å². The number of hydrogen-bond donors (Lipinski definition) is 2. The summed E-state index contributed by atoms with van der Waals surface area (Å²) in [6.45, 7) is 4.47. The summed E-state index contributed by atoms with van der Waals surface area (Å²) in [5, 5.41) is 18.1. The van der Waals surface area contributed by atoms with Crippen LogP contribution >= 0.6 is 15.9 Å². The maximum atomic E-state index is 10.4. The van der Waals surface area contributed by atoms with Crippen LogP contribution in [-0.4, -0.2) is 33.1 Å². The van der Waals surface area contributed by atoms with Crippen LogP contribution in [-0.2, 0) is 13.5 Å². The molecule has 2 rings (SSSR count). The van der Waals surface area contributed by atoms with E-state index in [2.05, 4.69) is 26.3 Å². The first kappa shape index (κ1) is 13.1. The SMILES string of the molecule is Cc1nn(C)c(CC(C)(O)CNC2CC2)c1Br. The third-order valence-electron chi connectivity index (χ3n) is 3.16. The lowest BCUT2D eigenvalue weighted by molar-refractivity contribution is 0.0577. The van der Waals surface area contributed by atoms with E-state index in [9.17, 15) is 5.11 Å². The van der Waals surface area contributed by atoms with Crippen LogP contribution in [0.15, 0.2) is 4.47 Å². The molecule has 1 unspecified atom stereocenters. The number of halogens is 1. The minimum atomic E-state index is -0.731. The van der Waals surface area contributed by atoms with Gasteiger partial charge >= 0.3 is 0 Å². The minimum absolute atomic E-state index is 0.602. The second-order valence-corrected chi connectivity index (χ2v) is 6.09. The van der Waals surface area contributed by atoms with E-state index in [-0.39, 0.29) is 0 Å². The van der Waals surface area contributed by atoms with Gasteiger partial charge in [0.05, 0.1) is 21.5 Å². The Hall–Kier alpha value is -0.390. The third kappa shape index (κ3) is 3.30. The Morgan fingerprint density at radius 2 is 2.24 bits per heavy atom. The highest BCUT2D eigenvalue weighted by Crippen LogP contribution is 2.25. The normalized spacial score (nSPS) is 19.4. The highest BCUT2D eigenvalue weighted by Gasteiger charge is 2.28. The van der Waals surface area contributed by atoms with Gasteiger partial charge in [-0.15, -0.1) is 0 Å². The number of aliphatic hydroxyl groups is 1. The minimum Gasteiger partial charge on any atom is -0.388 e. The van der Waals surface area contributed by atoms with Crippen molar-refractivity contribution < 1.29 is 5.11 Å². The van der Waals surface area contributed by atoms with E-state index in [0.717, 1.165) is 15.9 Å². The zero-order chi connectivity index (χ0) is 12.6. The Bertz CT molecular complexity index is 410. The summed E-state index contributed by atoms with van der Waals surface area (Å²) >= 11 is 3.53. The van der Waals surface area contributed by atoms with Gasteiger partial charge in [0.25, 0.3) is 0 Å². The van der Waals surface area contributed by atoms with E-state index in [1.807, 2.05) is 25.6 Å². The molecule has 1 aromatic heterocycles. The second-order valence-electron chi connectivity index (χ2n) is 5.30. The molecule has 5 heteroatoms. The van der Waals surface area contributed by atoms with E-state index in [1.54, 1.807) is 0 Å². The lowest BCUT2D eigenvalue weighted by atomic mass is 10.00. The van der Waals surface area contributed by atoms with Crippen LogP contribution in [0.4, 0.5) is 0 Å². The molecule has 96 valence electrons. The molecule has 1 saturated carbocycles. The standard InChI is InChI=1S/C12H20BrN3O/c1-8-11(13)10(16(3)15-8)6-12(2,17)7-14-9-4-5-9/h9,14,17H,4-7H2,1-3H3. The van der Waals surface area contributed by atoms with Gasteiger partial charge in [0.2, 0.25) is 0 Å². The predicted octanol–water partition coefficient (Wildman–Crippen LogP) is 1.54. The maximum absolute atomic E-state index is 10.4. The first-order valence-electron chi connectivity index (χ1n) is 6.03. The molecule has 1 heterocycles. The van der Waals surface area contributed by atoms with Crippen LogP contribution < -0.4 is 5.32 Å². The van der Waals surface area contributed by atoms with Crippen molar-refractivity contribution in [2.45, 2.75) is 44.8 Å². The topological polar surface area (TPSA) is 50.1 Å². The zero-order valence-electron chi connectivity index (χ0n) is 10.6. The molecular formula is C12H20BrN3O. The molecule has 0 radical (unpaired) electrons. The van der Waals surface area contributed by atoms with Gasteiger partial charge in [-0.2, -0.15) is 5.10 Å². The van der Waals surface area contributed by atoms with Crippen LogP contribution in [0.3, 0.4) is 0 Å². The lowest BCUT2D eigenvalue weighted by Crippen LogP contribution is -2.41. The molecule has 1 atom stereocenters. The van der Waals surface area contributed by atoms with Crippen molar-refractivity contribution in [2.75, 3.05) is 6.54 Å². The second kappa shape index (κ2) is 4.71. The summed E-state index contributed by atoms with van der Waals surface area (Å²) in [7, 11) is 1.91. The summed E-state index contributed by atoms with van der Waals surface area (Å²) in [4.78, 5) is 0. The quantitative estimate of drug-likeness (QED) is 0.867. The number of aryl methyl sites for hydroxylation is 2. The lowest BCUT2D eigenvalue weighted by Gasteiger charge is -2.24. The summed E-state index contributed by atoms with van der Waals surface area (Å²) < 4.78 is 2.84. The third-order valence-corrected chi connectivity index (χ3v) is 4.19.